The molecule has 9 heteroatoms. The van der Waals surface area contributed by atoms with E-state index in [-0.39, 0.29) is 16.6 Å². The number of nitrogen functional groups attached to an aromatic ring is 1. The van der Waals surface area contributed by atoms with E-state index in [0.29, 0.717) is 43.0 Å². The number of sulfone groups is 1. The first-order valence-electron chi connectivity index (χ1n) is 9.44. The highest BCUT2D eigenvalue weighted by atomic mass is 32.2. The first-order valence-corrected chi connectivity index (χ1v) is 11.1. The second kappa shape index (κ2) is 8.37. The average molecular weight is 428 g/mol. The molecule has 1 aliphatic heterocycles. The lowest BCUT2D eigenvalue weighted by Crippen LogP contribution is -2.36. The lowest BCUT2D eigenvalue weighted by Gasteiger charge is -2.29. The number of aromatic nitrogens is 2. The number of hydrogen-bond acceptors (Lipinski definition) is 7. The molecule has 4 rings (SSSR count). The standard InChI is InChI=1S/C21H21FN4O3S/c22-18-3-1-15(2-4-18)14-30(27,28)20-10-16(17-12-24-21(23)25-13-17)9-19(11-20)26-5-7-29-8-6-26/h1-4,9-13H,5-8,14H2,(H2,23,24,25). The van der Waals surface area contributed by atoms with E-state index in [0.717, 1.165) is 5.69 Å². The lowest BCUT2D eigenvalue weighted by molar-refractivity contribution is 0.122. The minimum absolute atomic E-state index is 0.146. The Morgan fingerprint density at radius 1 is 1.00 bits per heavy atom. The fourth-order valence-electron chi connectivity index (χ4n) is 3.30. The summed E-state index contributed by atoms with van der Waals surface area (Å²) >= 11 is 0. The van der Waals surface area contributed by atoms with E-state index in [1.807, 2.05) is 6.07 Å². The summed E-state index contributed by atoms with van der Waals surface area (Å²) in [6, 6.07) is 10.7. The van der Waals surface area contributed by atoms with Crippen molar-refractivity contribution >= 4 is 21.5 Å². The maximum Gasteiger partial charge on any atom is 0.219 e. The highest BCUT2D eigenvalue weighted by molar-refractivity contribution is 7.90. The number of morpholine rings is 1. The Morgan fingerprint density at radius 2 is 1.67 bits per heavy atom. The molecular formula is C21H21FN4O3S. The molecule has 1 aliphatic rings. The monoisotopic (exact) mass is 428 g/mol. The zero-order chi connectivity index (χ0) is 21.1. The van der Waals surface area contributed by atoms with Gasteiger partial charge in [0.1, 0.15) is 5.82 Å². The van der Waals surface area contributed by atoms with Crippen molar-refractivity contribution in [3.63, 3.8) is 0 Å². The van der Waals surface area contributed by atoms with Gasteiger partial charge in [0.25, 0.3) is 0 Å². The molecule has 0 saturated carbocycles. The summed E-state index contributed by atoms with van der Waals surface area (Å²) in [5.41, 5.74) is 8.22. The van der Waals surface area contributed by atoms with Gasteiger partial charge in [-0.15, -0.1) is 0 Å². The minimum atomic E-state index is -3.67. The predicted molar refractivity (Wildman–Crippen MR) is 112 cm³/mol. The summed E-state index contributed by atoms with van der Waals surface area (Å²) in [5.74, 6) is -0.485. The van der Waals surface area contributed by atoms with Crippen LogP contribution in [0.15, 0.2) is 59.8 Å². The molecule has 1 fully saturated rings. The molecule has 1 saturated heterocycles. The molecule has 7 nitrogen and oxygen atoms in total. The van der Waals surface area contributed by atoms with Crippen molar-refractivity contribution in [2.75, 3.05) is 36.9 Å². The molecule has 0 spiro atoms. The van der Waals surface area contributed by atoms with Gasteiger partial charge in [0, 0.05) is 36.7 Å². The summed E-state index contributed by atoms with van der Waals surface area (Å²) in [6.45, 7) is 2.48. The van der Waals surface area contributed by atoms with Gasteiger partial charge in [0.15, 0.2) is 9.84 Å². The molecule has 2 heterocycles. The smallest absolute Gasteiger partial charge is 0.219 e. The number of hydrogen-bond donors (Lipinski definition) is 1. The Morgan fingerprint density at radius 3 is 2.33 bits per heavy atom. The summed E-state index contributed by atoms with van der Waals surface area (Å²) in [7, 11) is -3.67. The van der Waals surface area contributed by atoms with Crippen LogP contribution in [-0.4, -0.2) is 44.7 Å². The number of rotatable bonds is 5. The topological polar surface area (TPSA) is 98.4 Å². The highest BCUT2D eigenvalue weighted by Gasteiger charge is 2.21. The van der Waals surface area contributed by atoms with Crippen molar-refractivity contribution in [3.05, 3.63) is 66.2 Å². The Labute approximate surface area is 174 Å². The number of nitrogens with two attached hydrogens (primary N) is 1. The van der Waals surface area contributed by atoms with Crippen molar-refractivity contribution in [1.29, 1.82) is 0 Å². The highest BCUT2D eigenvalue weighted by Crippen LogP contribution is 2.30. The van der Waals surface area contributed by atoms with Crippen LogP contribution in [0, 0.1) is 5.82 Å². The SMILES string of the molecule is Nc1ncc(-c2cc(N3CCOCC3)cc(S(=O)(=O)Cc3ccc(F)cc3)c2)cn1. The van der Waals surface area contributed by atoms with Crippen molar-refractivity contribution in [3.8, 4) is 11.1 Å². The van der Waals surface area contributed by atoms with Crippen LogP contribution in [0.5, 0.6) is 0 Å². The second-order valence-electron chi connectivity index (χ2n) is 7.03. The number of nitrogens with zero attached hydrogens (tertiary/aromatic N) is 3. The average Bonchev–Trinajstić information content (AvgIpc) is 2.76. The first kappa shape index (κ1) is 20.2. The molecule has 0 aliphatic carbocycles. The number of halogens is 1. The maximum absolute atomic E-state index is 13.2. The van der Waals surface area contributed by atoms with Crippen molar-refractivity contribution in [2.45, 2.75) is 10.6 Å². The van der Waals surface area contributed by atoms with E-state index < -0.39 is 15.7 Å². The van der Waals surface area contributed by atoms with Crippen LogP contribution >= 0.6 is 0 Å². The summed E-state index contributed by atoms with van der Waals surface area (Å²) < 4.78 is 44.9. The van der Waals surface area contributed by atoms with Gasteiger partial charge in [-0.1, -0.05) is 12.1 Å². The third-order valence-electron chi connectivity index (χ3n) is 4.90. The molecule has 2 aromatic carbocycles. The number of benzene rings is 2. The molecule has 0 bridgehead atoms. The van der Waals surface area contributed by atoms with E-state index in [1.165, 1.54) is 24.3 Å². The molecule has 0 radical (unpaired) electrons. The van der Waals surface area contributed by atoms with Crippen LogP contribution < -0.4 is 10.6 Å². The van der Waals surface area contributed by atoms with Crippen LogP contribution in [0.4, 0.5) is 16.0 Å². The Bertz CT molecular complexity index is 1130. The van der Waals surface area contributed by atoms with E-state index in [2.05, 4.69) is 14.9 Å². The predicted octanol–water partition coefficient (Wildman–Crippen LogP) is 2.68. The Balaban J connectivity index is 1.76. The zero-order valence-corrected chi connectivity index (χ0v) is 17.0. The zero-order valence-electron chi connectivity index (χ0n) is 16.2. The van der Waals surface area contributed by atoms with Crippen LogP contribution in [0.2, 0.25) is 0 Å². The molecular weight excluding hydrogens is 407 g/mol. The van der Waals surface area contributed by atoms with Gasteiger partial charge in [0.05, 0.1) is 23.9 Å². The Kier molecular flexibility index (Phi) is 5.65. The van der Waals surface area contributed by atoms with Gasteiger partial charge in [-0.05, 0) is 41.5 Å². The van der Waals surface area contributed by atoms with Gasteiger partial charge >= 0.3 is 0 Å². The first-order chi connectivity index (χ1) is 14.4. The van der Waals surface area contributed by atoms with E-state index in [1.54, 1.807) is 24.5 Å². The summed E-state index contributed by atoms with van der Waals surface area (Å²) in [5, 5.41) is 0. The molecule has 3 aromatic rings. The summed E-state index contributed by atoms with van der Waals surface area (Å²) in [6.07, 6.45) is 3.13. The van der Waals surface area contributed by atoms with E-state index >= 15 is 0 Å². The largest absolute Gasteiger partial charge is 0.378 e. The molecule has 0 atom stereocenters. The quantitative estimate of drug-likeness (QED) is 0.667. The van der Waals surface area contributed by atoms with Crippen LogP contribution in [0.1, 0.15) is 5.56 Å². The summed E-state index contributed by atoms with van der Waals surface area (Å²) in [4.78, 5) is 10.3. The van der Waals surface area contributed by atoms with Gasteiger partial charge in [-0.2, -0.15) is 0 Å². The van der Waals surface area contributed by atoms with Crippen molar-refractivity contribution in [2.24, 2.45) is 0 Å². The van der Waals surface area contributed by atoms with Gasteiger partial charge in [-0.25, -0.2) is 22.8 Å². The van der Waals surface area contributed by atoms with E-state index in [9.17, 15) is 12.8 Å². The maximum atomic E-state index is 13.2. The number of ether oxygens (including phenoxy) is 1. The molecule has 2 N–H and O–H groups in total. The molecule has 30 heavy (non-hydrogen) atoms. The fourth-order valence-corrected chi connectivity index (χ4v) is 4.71. The second-order valence-corrected chi connectivity index (χ2v) is 9.02. The van der Waals surface area contributed by atoms with Crippen LogP contribution in [0.25, 0.3) is 11.1 Å². The Hall–Kier alpha value is -3.04. The fraction of sp³-hybridized carbons (Fsp3) is 0.238. The molecule has 0 amide bonds. The van der Waals surface area contributed by atoms with Crippen LogP contribution in [0.3, 0.4) is 0 Å². The third kappa shape index (κ3) is 4.58. The van der Waals surface area contributed by atoms with Crippen molar-refractivity contribution < 1.29 is 17.5 Å². The third-order valence-corrected chi connectivity index (χ3v) is 6.57. The molecule has 156 valence electrons. The lowest BCUT2D eigenvalue weighted by atomic mass is 10.1. The van der Waals surface area contributed by atoms with Crippen LogP contribution in [-0.2, 0) is 20.3 Å². The normalized spacial score (nSPS) is 14.6. The van der Waals surface area contributed by atoms with E-state index in [4.69, 9.17) is 10.5 Å². The molecule has 0 unspecified atom stereocenters. The van der Waals surface area contributed by atoms with Crippen molar-refractivity contribution in [1.82, 2.24) is 9.97 Å². The molecule has 1 aromatic heterocycles. The minimum Gasteiger partial charge on any atom is -0.378 e. The number of anilines is 2. The van der Waals surface area contributed by atoms with Gasteiger partial charge < -0.3 is 15.4 Å². The van der Waals surface area contributed by atoms with Gasteiger partial charge in [0.2, 0.25) is 5.95 Å². The van der Waals surface area contributed by atoms with Gasteiger partial charge in [-0.3, -0.25) is 0 Å².